The highest BCUT2D eigenvalue weighted by molar-refractivity contribution is 5.42. The molecule has 1 fully saturated rings. The molecule has 1 aliphatic heterocycles. The van der Waals surface area contributed by atoms with Crippen molar-refractivity contribution in [2.75, 3.05) is 20.2 Å². The van der Waals surface area contributed by atoms with E-state index in [-0.39, 0.29) is 5.41 Å². The summed E-state index contributed by atoms with van der Waals surface area (Å²) in [6, 6.07) is 6.71. The fourth-order valence-corrected chi connectivity index (χ4v) is 2.86. The summed E-state index contributed by atoms with van der Waals surface area (Å²) in [5.41, 5.74) is 3.04. The molecule has 18 heavy (non-hydrogen) atoms. The van der Waals surface area contributed by atoms with Crippen LogP contribution < -0.4 is 10.1 Å². The van der Waals surface area contributed by atoms with Crippen LogP contribution in [0.4, 0.5) is 0 Å². The van der Waals surface area contributed by atoms with Gasteiger partial charge >= 0.3 is 0 Å². The van der Waals surface area contributed by atoms with E-state index in [4.69, 9.17) is 4.74 Å². The van der Waals surface area contributed by atoms with Gasteiger partial charge in [-0.2, -0.15) is 0 Å². The molecular weight excluding hydrogens is 222 g/mol. The van der Waals surface area contributed by atoms with Crippen LogP contribution in [0, 0.1) is 0 Å². The Kier molecular flexibility index (Phi) is 3.96. The van der Waals surface area contributed by atoms with Crippen LogP contribution in [0.15, 0.2) is 18.2 Å². The molecule has 1 heterocycles. The third kappa shape index (κ3) is 2.54. The molecule has 0 aromatic heterocycles. The van der Waals surface area contributed by atoms with E-state index in [2.05, 4.69) is 44.3 Å². The molecule has 2 heteroatoms. The normalized spacial score (nSPS) is 24.3. The van der Waals surface area contributed by atoms with Gasteiger partial charge < -0.3 is 10.1 Å². The van der Waals surface area contributed by atoms with Crippen LogP contribution >= 0.6 is 0 Å². The van der Waals surface area contributed by atoms with Crippen molar-refractivity contribution in [3.8, 4) is 5.75 Å². The fourth-order valence-electron chi connectivity index (χ4n) is 2.86. The van der Waals surface area contributed by atoms with Crippen molar-refractivity contribution in [3.05, 3.63) is 29.3 Å². The predicted octanol–water partition coefficient (Wildman–Crippen LogP) is 3.46. The number of methoxy groups -OCH3 is 1. The van der Waals surface area contributed by atoms with Crippen LogP contribution in [-0.2, 0) is 5.41 Å². The molecule has 1 aliphatic rings. The van der Waals surface area contributed by atoms with E-state index in [1.807, 2.05) is 0 Å². The molecule has 2 nitrogen and oxygen atoms in total. The van der Waals surface area contributed by atoms with Crippen LogP contribution in [0.3, 0.4) is 0 Å². The maximum atomic E-state index is 5.47. The van der Waals surface area contributed by atoms with Gasteiger partial charge in [0.25, 0.3) is 0 Å². The van der Waals surface area contributed by atoms with Crippen molar-refractivity contribution in [2.45, 2.75) is 44.9 Å². The first-order valence-electron chi connectivity index (χ1n) is 6.96. The van der Waals surface area contributed by atoms with Crippen LogP contribution in [0.25, 0.3) is 0 Å². The van der Waals surface area contributed by atoms with Crippen molar-refractivity contribution in [2.24, 2.45) is 0 Å². The average Bonchev–Trinajstić information content (AvgIpc) is 2.38. The van der Waals surface area contributed by atoms with Crippen molar-refractivity contribution >= 4 is 0 Å². The lowest BCUT2D eigenvalue weighted by Gasteiger charge is -2.35. The fraction of sp³-hybridized carbons (Fsp3) is 0.625. The van der Waals surface area contributed by atoms with Crippen LogP contribution in [0.2, 0.25) is 0 Å². The summed E-state index contributed by atoms with van der Waals surface area (Å²) in [6.45, 7) is 9.05. The maximum absolute atomic E-state index is 5.47. The van der Waals surface area contributed by atoms with Gasteiger partial charge in [0.2, 0.25) is 0 Å². The van der Waals surface area contributed by atoms with Crippen molar-refractivity contribution in [1.29, 1.82) is 0 Å². The van der Waals surface area contributed by atoms with Crippen molar-refractivity contribution in [1.82, 2.24) is 5.32 Å². The Morgan fingerprint density at radius 2 is 2.11 bits per heavy atom. The largest absolute Gasteiger partial charge is 0.496 e. The molecule has 1 unspecified atom stereocenters. The SMILES string of the molecule is COc1ccc(C2(C)CCCNC2)cc1C(C)C. The topological polar surface area (TPSA) is 21.3 Å². The Hall–Kier alpha value is -1.02. The monoisotopic (exact) mass is 247 g/mol. The minimum Gasteiger partial charge on any atom is -0.496 e. The zero-order valence-electron chi connectivity index (χ0n) is 12.0. The molecule has 0 saturated carbocycles. The average molecular weight is 247 g/mol. The second-order valence-electron chi connectivity index (χ2n) is 5.95. The van der Waals surface area contributed by atoms with E-state index in [1.165, 1.54) is 24.0 Å². The number of ether oxygens (including phenoxy) is 1. The highest BCUT2D eigenvalue weighted by Crippen LogP contribution is 2.35. The summed E-state index contributed by atoms with van der Waals surface area (Å²) in [5, 5.41) is 3.52. The molecule has 2 rings (SSSR count). The van der Waals surface area contributed by atoms with Crippen molar-refractivity contribution in [3.63, 3.8) is 0 Å². The Morgan fingerprint density at radius 3 is 2.67 bits per heavy atom. The minimum absolute atomic E-state index is 0.272. The van der Waals surface area contributed by atoms with Gasteiger partial charge in [-0.05, 0) is 42.5 Å². The van der Waals surface area contributed by atoms with Crippen LogP contribution in [-0.4, -0.2) is 20.2 Å². The van der Waals surface area contributed by atoms with E-state index in [9.17, 15) is 0 Å². The highest BCUT2D eigenvalue weighted by Gasteiger charge is 2.29. The molecule has 0 spiro atoms. The number of nitrogens with one attached hydrogen (secondary N) is 1. The maximum Gasteiger partial charge on any atom is 0.122 e. The number of hydrogen-bond acceptors (Lipinski definition) is 2. The lowest BCUT2D eigenvalue weighted by atomic mass is 9.75. The van der Waals surface area contributed by atoms with Crippen molar-refractivity contribution < 1.29 is 4.74 Å². The minimum atomic E-state index is 0.272. The third-order valence-corrected chi connectivity index (χ3v) is 4.15. The van der Waals surface area contributed by atoms with Gasteiger partial charge in [-0.25, -0.2) is 0 Å². The molecule has 1 atom stereocenters. The third-order valence-electron chi connectivity index (χ3n) is 4.15. The number of hydrogen-bond donors (Lipinski definition) is 1. The van der Waals surface area contributed by atoms with Gasteiger partial charge in [-0.3, -0.25) is 0 Å². The predicted molar refractivity (Wildman–Crippen MR) is 76.5 cm³/mol. The van der Waals surface area contributed by atoms with Gasteiger partial charge in [0.15, 0.2) is 0 Å². The summed E-state index contributed by atoms with van der Waals surface area (Å²) in [6.07, 6.45) is 2.53. The van der Waals surface area contributed by atoms with Gasteiger partial charge in [0.1, 0.15) is 5.75 Å². The van der Waals surface area contributed by atoms with Gasteiger partial charge in [-0.15, -0.1) is 0 Å². The Labute approximate surface area is 111 Å². The molecule has 1 aromatic carbocycles. The number of rotatable bonds is 3. The van der Waals surface area contributed by atoms with Gasteiger partial charge in [-0.1, -0.05) is 32.9 Å². The summed E-state index contributed by atoms with van der Waals surface area (Å²) in [5.74, 6) is 1.51. The first-order valence-corrected chi connectivity index (χ1v) is 6.96. The molecule has 1 saturated heterocycles. The van der Waals surface area contributed by atoms with E-state index >= 15 is 0 Å². The lowest BCUT2D eigenvalue weighted by molar-refractivity contribution is 0.338. The molecule has 100 valence electrons. The van der Waals surface area contributed by atoms with Crippen LogP contribution in [0.1, 0.15) is 50.7 Å². The first kappa shape index (κ1) is 13.4. The Balaban J connectivity index is 2.36. The molecular formula is C16H25NO. The summed E-state index contributed by atoms with van der Waals surface area (Å²) in [7, 11) is 1.75. The summed E-state index contributed by atoms with van der Waals surface area (Å²) >= 11 is 0. The van der Waals surface area contributed by atoms with Gasteiger partial charge in [0, 0.05) is 12.0 Å². The van der Waals surface area contributed by atoms with E-state index in [1.54, 1.807) is 7.11 Å². The molecule has 0 radical (unpaired) electrons. The van der Waals surface area contributed by atoms with E-state index < -0.39 is 0 Å². The number of benzene rings is 1. The standard InChI is InChI=1S/C16H25NO/c1-12(2)14-10-13(6-7-15(14)18-4)16(3)8-5-9-17-11-16/h6-7,10,12,17H,5,8-9,11H2,1-4H3. The van der Waals surface area contributed by atoms with Gasteiger partial charge in [0.05, 0.1) is 7.11 Å². The second kappa shape index (κ2) is 5.31. The molecule has 0 bridgehead atoms. The lowest BCUT2D eigenvalue weighted by Crippen LogP contribution is -2.41. The molecule has 1 N–H and O–H groups in total. The van der Waals surface area contributed by atoms with E-state index in [0.717, 1.165) is 18.8 Å². The summed E-state index contributed by atoms with van der Waals surface area (Å²) in [4.78, 5) is 0. The first-order chi connectivity index (χ1) is 8.57. The molecule has 0 aliphatic carbocycles. The highest BCUT2D eigenvalue weighted by atomic mass is 16.5. The zero-order chi connectivity index (χ0) is 13.2. The van der Waals surface area contributed by atoms with Crippen LogP contribution in [0.5, 0.6) is 5.75 Å². The van der Waals surface area contributed by atoms with E-state index in [0.29, 0.717) is 5.92 Å². The Morgan fingerprint density at radius 1 is 1.33 bits per heavy atom. The number of piperidine rings is 1. The zero-order valence-corrected chi connectivity index (χ0v) is 12.0. The molecule has 0 amide bonds. The summed E-state index contributed by atoms with van der Waals surface area (Å²) < 4.78 is 5.47. The smallest absolute Gasteiger partial charge is 0.122 e. The molecule has 1 aromatic rings. The second-order valence-corrected chi connectivity index (χ2v) is 5.95. The quantitative estimate of drug-likeness (QED) is 0.883. The Bertz CT molecular complexity index is 406.